The van der Waals surface area contributed by atoms with Crippen LogP contribution in [0.4, 0.5) is 0 Å². The molecule has 1 amide bonds. The van der Waals surface area contributed by atoms with Crippen LogP contribution in [0.25, 0.3) is 0 Å². The zero-order valence-electron chi connectivity index (χ0n) is 14.2. The van der Waals surface area contributed by atoms with Gasteiger partial charge in [0.05, 0.1) is 0 Å². The Bertz CT molecular complexity index is 475. The first-order chi connectivity index (χ1) is 11.3. The molecule has 0 fully saturated rings. The second-order valence-electron chi connectivity index (χ2n) is 6.13. The Morgan fingerprint density at radius 1 is 1.04 bits per heavy atom. The van der Waals surface area contributed by atoms with E-state index in [2.05, 4.69) is 12.2 Å². The summed E-state index contributed by atoms with van der Waals surface area (Å²) in [5.74, 6) is 1.27. The van der Waals surface area contributed by atoms with Gasteiger partial charge in [0.2, 0.25) is 6.10 Å². The molecule has 1 unspecified atom stereocenters. The molecule has 4 heteroatoms. The van der Waals surface area contributed by atoms with Gasteiger partial charge in [0.25, 0.3) is 5.91 Å². The fraction of sp³-hybridized carbons (Fsp3) is 0.632. The summed E-state index contributed by atoms with van der Waals surface area (Å²) in [6, 6.07) is 7.45. The summed E-state index contributed by atoms with van der Waals surface area (Å²) in [5, 5.41) is 2.95. The third-order valence-electron chi connectivity index (χ3n) is 4.13. The van der Waals surface area contributed by atoms with Gasteiger partial charge >= 0.3 is 0 Å². The van der Waals surface area contributed by atoms with E-state index in [0.717, 1.165) is 13.0 Å². The number of unbranched alkanes of at least 4 members (excludes halogenated alkanes) is 7. The molecular formula is C19H29NO3. The molecule has 0 aliphatic carbocycles. The first kappa shape index (κ1) is 17.6. The number of carbonyl (C=O) groups is 1. The van der Waals surface area contributed by atoms with Gasteiger partial charge in [-0.15, -0.1) is 0 Å². The second kappa shape index (κ2) is 10.1. The third-order valence-corrected chi connectivity index (χ3v) is 4.13. The largest absolute Gasteiger partial charge is 0.485 e. The van der Waals surface area contributed by atoms with E-state index in [1.54, 1.807) is 0 Å². The number of nitrogens with one attached hydrogen (secondary N) is 1. The molecule has 23 heavy (non-hydrogen) atoms. The van der Waals surface area contributed by atoms with Crippen LogP contribution in [0.3, 0.4) is 0 Å². The Labute approximate surface area is 139 Å². The Balaban J connectivity index is 1.54. The maximum absolute atomic E-state index is 12.1. The zero-order valence-corrected chi connectivity index (χ0v) is 14.2. The van der Waals surface area contributed by atoms with Crippen molar-refractivity contribution in [3.63, 3.8) is 0 Å². The minimum Gasteiger partial charge on any atom is -0.485 e. The SMILES string of the molecule is CCCCCCCCCCNC(=O)C1COc2ccccc2O1. The third kappa shape index (κ3) is 6.12. The van der Waals surface area contributed by atoms with Crippen molar-refractivity contribution in [2.75, 3.05) is 13.2 Å². The van der Waals surface area contributed by atoms with Crippen LogP contribution in [-0.4, -0.2) is 25.2 Å². The van der Waals surface area contributed by atoms with Gasteiger partial charge in [-0.2, -0.15) is 0 Å². The minimum atomic E-state index is -0.543. The van der Waals surface area contributed by atoms with Gasteiger partial charge in [0.15, 0.2) is 11.5 Å². The van der Waals surface area contributed by atoms with E-state index in [0.29, 0.717) is 11.5 Å². The average Bonchev–Trinajstić information content (AvgIpc) is 2.59. The molecule has 0 spiro atoms. The predicted octanol–water partition coefficient (Wildman–Crippen LogP) is 4.08. The van der Waals surface area contributed by atoms with Gasteiger partial charge in [-0.05, 0) is 18.6 Å². The van der Waals surface area contributed by atoms with Crippen LogP contribution in [0.1, 0.15) is 58.3 Å². The standard InChI is InChI=1S/C19H29NO3/c1-2-3-4-5-6-7-8-11-14-20-19(21)18-15-22-16-12-9-10-13-17(16)23-18/h9-10,12-13,18H,2-8,11,14-15H2,1H3,(H,20,21). The smallest absolute Gasteiger partial charge is 0.264 e. The van der Waals surface area contributed by atoms with Crippen molar-refractivity contribution in [1.29, 1.82) is 0 Å². The summed E-state index contributed by atoms with van der Waals surface area (Å²) in [5.41, 5.74) is 0. The summed E-state index contributed by atoms with van der Waals surface area (Å²) >= 11 is 0. The summed E-state index contributed by atoms with van der Waals surface area (Å²) in [7, 11) is 0. The van der Waals surface area contributed by atoms with E-state index in [1.165, 1.54) is 44.9 Å². The lowest BCUT2D eigenvalue weighted by Crippen LogP contribution is -2.44. The number of rotatable bonds is 10. The first-order valence-electron chi connectivity index (χ1n) is 8.97. The van der Waals surface area contributed by atoms with Crippen molar-refractivity contribution in [3.8, 4) is 11.5 Å². The zero-order chi connectivity index (χ0) is 16.3. The molecule has 0 radical (unpaired) electrons. The summed E-state index contributed by atoms with van der Waals surface area (Å²) < 4.78 is 11.3. The molecule has 128 valence electrons. The highest BCUT2D eigenvalue weighted by atomic mass is 16.6. The van der Waals surface area contributed by atoms with Gasteiger partial charge in [-0.1, -0.05) is 64.0 Å². The number of fused-ring (bicyclic) bond motifs is 1. The molecule has 4 nitrogen and oxygen atoms in total. The molecule has 2 rings (SSSR count). The number of amides is 1. The highest BCUT2D eigenvalue weighted by Crippen LogP contribution is 2.30. The Morgan fingerprint density at radius 3 is 2.43 bits per heavy atom. The molecule has 0 saturated carbocycles. The van der Waals surface area contributed by atoms with Crippen molar-refractivity contribution >= 4 is 5.91 Å². The first-order valence-corrected chi connectivity index (χ1v) is 8.97. The van der Waals surface area contributed by atoms with E-state index >= 15 is 0 Å². The highest BCUT2D eigenvalue weighted by Gasteiger charge is 2.26. The van der Waals surface area contributed by atoms with Gasteiger partial charge in [0, 0.05) is 6.54 Å². The molecule has 1 aliphatic rings. The fourth-order valence-electron chi connectivity index (χ4n) is 2.73. The van der Waals surface area contributed by atoms with E-state index in [1.807, 2.05) is 24.3 Å². The molecular weight excluding hydrogens is 290 g/mol. The van der Waals surface area contributed by atoms with Crippen LogP contribution >= 0.6 is 0 Å². The van der Waals surface area contributed by atoms with E-state index in [4.69, 9.17) is 9.47 Å². The van der Waals surface area contributed by atoms with Crippen LogP contribution in [0.5, 0.6) is 11.5 Å². The van der Waals surface area contributed by atoms with Gasteiger partial charge in [-0.3, -0.25) is 4.79 Å². The van der Waals surface area contributed by atoms with Crippen molar-refractivity contribution in [2.24, 2.45) is 0 Å². The van der Waals surface area contributed by atoms with Crippen molar-refractivity contribution in [2.45, 2.75) is 64.4 Å². The van der Waals surface area contributed by atoms with Gasteiger partial charge in [0.1, 0.15) is 6.61 Å². The molecule has 0 saturated heterocycles. The lowest BCUT2D eigenvalue weighted by atomic mass is 10.1. The van der Waals surface area contributed by atoms with Gasteiger partial charge in [-0.25, -0.2) is 0 Å². The Morgan fingerprint density at radius 2 is 1.70 bits per heavy atom. The number of para-hydroxylation sites is 2. The quantitative estimate of drug-likeness (QED) is 0.661. The van der Waals surface area contributed by atoms with E-state index < -0.39 is 6.10 Å². The molecule has 1 atom stereocenters. The maximum Gasteiger partial charge on any atom is 0.264 e. The van der Waals surface area contributed by atoms with Crippen LogP contribution in [0.2, 0.25) is 0 Å². The lowest BCUT2D eigenvalue weighted by Gasteiger charge is -2.25. The molecule has 1 heterocycles. The molecule has 1 aliphatic heterocycles. The minimum absolute atomic E-state index is 0.0811. The molecule has 0 aromatic heterocycles. The second-order valence-corrected chi connectivity index (χ2v) is 6.13. The lowest BCUT2D eigenvalue weighted by molar-refractivity contribution is -0.130. The van der Waals surface area contributed by atoms with Crippen LogP contribution in [0, 0.1) is 0 Å². The normalized spacial score (nSPS) is 16.1. The number of ether oxygens (including phenoxy) is 2. The van der Waals surface area contributed by atoms with E-state index in [-0.39, 0.29) is 12.5 Å². The molecule has 0 bridgehead atoms. The number of benzene rings is 1. The monoisotopic (exact) mass is 319 g/mol. The topological polar surface area (TPSA) is 47.6 Å². The molecule has 1 N–H and O–H groups in total. The van der Waals surface area contributed by atoms with Crippen molar-refractivity contribution in [1.82, 2.24) is 5.32 Å². The van der Waals surface area contributed by atoms with Crippen molar-refractivity contribution in [3.05, 3.63) is 24.3 Å². The molecule has 1 aromatic rings. The summed E-state index contributed by atoms with van der Waals surface area (Å²) in [4.78, 5) is 12.1. The molecule has 1 aromatic carbocycles. The van der Waals surface area contributed by atoms with Crippen LogP contribution < -0.4 is 14.8 Å². The number of hydrogen-bond acceptors (Lipinski definition) is 3. The highest BCUT2D eigenvalue weighted by molar-refractivity contribution is 5.81. The Hall–Kier alpha value is -1.71. The average molecular weight is 319 g/mol. The fourth-order valence-corrected chi connectivity index (χ4v) is 2.73. The predicted molar refractivity (Wildman–Crippen MR) is 92.0 cm³/mol. The Kier molecular flexibility index (Phi) is 7.78. The van der Waals surface area contributed by atoms with Crippen LogP contribution in [-0.2, 0) is 4.79 Å². The van der Waals surface area contributed by atoms with Crippen LogP contribution in [0.15, 0.2) is 24.3 Å². The van der Waals surface area contributed by atoms with E-state index in [9.17, 15) is 4.79 Å². The number of hydrogen-bond donors (Lipinski definition) is 1. The summed E-state index contributed by atoms with van der Waals surface area (Å²) in [6.45, 7) is 3.23. The van der Waals surface area contributed by atoms with Gasteiger partial charge < -0.3 is 14.8 Å². The maximum atomic E-state index is 12.1. The number of carbonyl (C=O) groups excluding carboxylic acids is 1. The summed E-state index contributed by atoms with van der Waals surface area (Å²) in [6.07, 6.45) is 9.58. The van der Waals surface area contributed by atoms with Crippen molar-refractivity contribution < 1.29 is 14.3 Å².